The van der Waals surface area contributed by atoms with E-state index in [1.165, 1.54) is 11.0 Å². The Morgan fingerprint density at radius 3 is 2.26 bits per heavy atom. The van der Waals surface area contributed by atoms with Gasteiger partial charge in [0.05, 0.1) is 5.56 Å². The van der Waals surface area contributed by atoms with Gasteiger partial charge in [-0.25, -0.2) is 0 Å². The molecule has 5 heteroatoms. The van der Waals surface area contributed by atoms with Crippen molar-refractivity contribution in [2.75, 3.05) is 13.1 Å². The molecule has 0 bridgehead atoms. The van der Waals surface area contributed by atoms with Crippen LogP contribution in [0.1, 0.15) is 35.3 Å². The highest BCUT2D eigenvalue weighted by Crippen LogP contribution is 2.30. The second-order valence-electron chi connectivity index (χ2n) is 3.92. The van der Waals surface area contributed by atoms with Crippen LogP contribution in [0.3, 0.4) is 0 Å². The van der Waals surface area contributed by atoms with Crippen molar-refractivity contribution in [2.45, 2.75) is 20.0 Å². The number of hydrogen-bond acceptors (Lipinski definition) is 1. The number of carbonyl (C=O) groups is 1. The third-order valence-electron chi connectivity index (χ3n) is 2.72. The number of carbonyl (C=O) groups excluding carboxylic acids is 1. The molecule has 2 nitrogen and oxygen atoms in total. The molecule has 1 rings (SSSR count). The van der Waals surface area contributed by atoms with E-state index >= 15 is 0 Å². The number of alkyl halides is 3. The van der Waals surface area contributed by atoms with Gasteiger partial charge in [-0.3, -0.25) is 4.79 Å². The van der Waals surface area contributed by atoms with E-state index in [2.05, 4.69) is 5.92 Å². The van der Waals surface area contributed by atoms with Crippen LogP contribution in [0.4, 0.5) is 13.2 Å². The molecule has 0 aliphatic heterocycles. The molecule has 0 aliphatic carbocycles. The van der Waals surface area contributed by atoms with Gasteiger partial charge < -0.3 is 4.90 Å². The van der Waals surface area contributed by atoms with Gasteiger partial charge in [-0.1, -0.05) is 5.92 Å². The summed E-state index contributed by atoms with van der Waals surface area (Å²) in [6.07, 6.45) is 0.607. The summed E-state index contributed by atoms with van der Waals surface area (Å²) in [7, 11) is 0. The lowest BCUT2D eigenvalue weighted by Crippen LogP contribution is -2.30. The fourth-order valence-corrected chi connectivity index (χ4v) is 1.69. The Balaban J connectivity index is 3.29. The van der Waals surface area contributed by atoms with Crippen molar-refractivity contribution in [3.63, 3.8) is 0 Å². The summed E-state index contributed by atoms with van der Waals surface area (Å²) >= 11 is 0. The van der Waals surface area contributed by atoms with E-state index in [1.807, 2.05) is 0 Å². The molecule has 1 amide bonds. The molecule has 0 atom stereocenters. The molecule has 0 aromatic heterocycles. The first-order valence-corrected chi connectivity index (χ1v) is 5.81. The first kappa shape index (κ1) is 15.1. The zero-order valence-corrected chi connectivity index (χ0v) is 10.7. The fourth-order valence-electron chi connectivity index (χ4n) is 1.69. The fraction of sp³-hybridized carbons (Fsp3) is 0.357. The highest BCUT2D eigenvalue weighted by atomic mass is 19.4. The van der Waals surface area contributed by atoms with Crippen LogP contribution >= 0.6 is 0 Å². The van der Waals surface area contributed by atoms with Gasteiger partial charge in [-0.2, -0.15) is 13.2 Å². The average Bonchev–Trinajstić information content (AvgIpc) is 2.38. The Labute approximate surface area is 110 Å². The Bertz CT molecular complexity index is 510. The number of nitrogens with zero attached hydrogens (tertiary/aromatic N) is 1. The van der Waals surface area contributed by atoms with Crippen LogP contribution in [0, 0.1) is 12.3 Å². The zero-order valence-electron chi connectivity index (χ0n) is 10.7. The predicted octanol–water partition coefficient (Wildman–Crippen LogP) is 3.17. The minimum absolute atomic E-state index is 0.0357. The van der Waals surface area contributed by atoms with Gasteiger partial charge >= 0.3 is 6.18 Å². The van der Waals surface area contributed by atoms with Crippen LogP contribution in [0.25, 0.3) is 0 Å². The Hall–Kier alpha value is -1.96. The van der Waals surface area contributed by atoms with Crippen molar-refractivity contribution in [3.8, 4) is 12.3 Å². The monoisotopic (exact) mass is 269 g/mol. The van der Waals surface area contributed by atoms with Crippen LogP contribution < -0.4 is 0 Å². The maximum absolute atomic E-state index is 12.7. The van der Waals surface area contributed by atoms with Gasteiger partial charge in [-0.05, 0) is 32.0 Å². The number of halogens is 3. The van der Waals surface area contributed by atoms with Crippen molar-refractivity contribution < 1.29 is 18.0 Å². The largest absolute Gasteiger partial charge is 0.416 e. The van der Waals surface area contributed by atoms with E-state index in [-0.39, 0.29) is 11.1 Å². The van der Waals surface area contributed by atoms with Gasteiger partial charge in [0.2, 0.25) is 0 Å². The normalized spacial score (nSPS) is 10.9. The van der Waals surface area contributed by atoms with E-state index in [4.69, 9.17) is 6.42 Å². The molecule has 1 aromatic rings. The first-order chi connectivity index (χ1) is 8.83. The predicted molar refractivity (Wildman–Crippen MR) is 66.6 cm³/mol. The van der Waals surface area contributed by atoms with Crippen LogP contribution in [0.2, 0.25) is 0 Å². The molecule has 0 N–H and O–H groups in total. The summed E-state index contributed by atoms with van der Waals surface area (Å²) in [4.78, 5) is 13.5. The quantitative estimate of drug-likeness (QED) is 0.772. The van der Waals surface area contributed by atoms with Gasteiger partial charge in [0, 0.05) is 24.2 Å². The first-order valence-electron chi connectivity index (χ1n) is 5.81. The summed E-state index contributed by atoms with van der Waals surface area (Å²) in [6, 6.07) is 3.00. The average molecular weight is 269 g/mol. The second kappa shape index (κ2) is 5.79. The molecule has 19 heavy (non-hydrogen) atoms. The third-order valence-corrected chi connectivity index (χ3v) is 2.72. The molecule has 0 unspecified atom stereocenters. The molecule has 102 valence electrons. The van der Waals surface area contributed by atoms with Crippen molar-refractivity contribution >= 4 is 5.91 Å². The number of rotatable bonds is 3. The van der Waals surface area contributed by atoms with E-state index in [0.29, 0.717) is 13.1 Å². The molecule has 0 saturated carbocycles. The van der Waals surface area contributed by atoms with Gasteiger partial charge in [0.15, 0.2) is 0 Å². The van der Waals surface area contributed by atoms with Crippen LogP contribution in [-0.2, 0) is 6.18 Å². The van der Waals surface area contributed by atoms with E-state index in [1.54, 1.807) is 13.8 Å². The van der Waals surface area contributed by atoms with Crippen molar-refractivity contribution in [2.24, 2.45) is 0 Å². The summed E-state index contributed by atoms with van der Waals surface area (Å²) in [6.45, 7) is 4.38. The highest BCUT2D eigenvalue weighted by Gasteiger charge is 2.32. The van der Waals surface area contributed by atoms with E-state index in [0.717, 1.165) is 12.1 Å². The van der Waals surface area contributed by atoms with Crippen LogP contribution in [-0.4, -0.2) is 23.9 Å². The molecular weight excluding hydrogens is 255 g/mol. The molecule has 1 aromatic carbocycles. The van der Waals surface area contributed by atoms with Gasteiger partial charge in [0.25, 0.3) is 5.91 Å². The van der Waals surface area contributed by atoms with Crippen LogP contribution in [0.5, 0.6) is 0 Å². The van der Waals surface area contributed by atoms with Gasteiger partial charge in [0.1, 0.15) is 0 Å². The number of benzene rings is 1. The highest BCUT2D eigenvalue weighted by molar-refractivity contribution is 5.94. The summed E-state index contributed by atoms with van der Waals surface area (Å²) in [5, 5.41) is 0. The molecular formula is C14H14F3NO. The summed E-state index contributed by atoms with van der Waals surface area (Å²) in [5.41, 5.74) is -0.893. The lowest BCUT2D eigenvalue weighted by atomic mass is 10.0. The molecule has 0 saturated heterocycles. The molecule has 0 radical (unpaired) electrons. The van der Waals surface area contributed by atoms with Crippen LogP contribution in [0.15, 0.2) is 18.2 Å². The van der Waals surface area contributed by atoms with E-state index in [9.17, 15) is 18.0 Å². The minimum atomic E-state index is -4.52. The maximum atomic E-state index is 12.7. The Morgan fingerprint density at radius 1 is 1.26 bits per heavy atom. The number of hydrogen-bond donors (Lipinski definition) is 0. The van der Waals surface area contributed by atoms with Crippen molar-refractivity contribution in [1.29, 1.82) is 0 Å². The van der Waals surface area contributed by atoms with Crippen molar-refractivity contribution in [1.82, 2.24) is 4.90 Å². The number of terminal acetylenes is 1. The van der Waals surface area contributed by atoms with E-state index < -0.39 is 17.6 Å². The third kappa shape index (κ3) is 3.50. The maximum Gasteiger partial charge on any atom is 0.416 e. The summed E-state index contributed by atoms with van der Waals surface area (Å²) < 4.78 is 38.2. The second-order valence-corrected chi connectivity index (χ2v) is 3.92. The molecule has 0 aliphatic rings. The Kier molecular flexibility index (Phi) is 4.60. The smallest absolute Gasteiger partial charge is 0.339 e. The molecule has 0 fully saturated rings. The lowest BCUT2D eigenvalue weighted by Gasteiger charge is -2.19. The SMILES string of the molecule is C#Cc1cc(C(=O)N(CC)CC)cc(C(F)(F)F)c1. The summed E-state index contributed by atoms with van der Waals surface area (Å²) in [5.74, 6) is 1.69. The zero-order chi connectivity index (χ0) is 14.6. The Morgan fingerprint density at radius 2 is 1.84 bits per heavy atom. The lowest BCUT2D eigenvalue weighted by molar-refractivity contribution is -0.137. The molecule has 0 spiro atoms. The standard InChI is InChI=1S/C14H14F3NO/c1-4-10-7-11(13(19)18(5-2)6-3)9-12(8-10)14(15,16)17/h1,7-9H,5-6H2,2-3H3. The molecule has 0 heterocycles. The topological polar surface area (TPSA) is 20.3 Å². The van der Waals surface area contributed by atoms with Gasteiger partial charge in [-0.15, -0.1) is 6.42 Å². The van der Waals surface area contributed by atoms with Crippen molar-refractivity contribution in [3.05, 3.63) is 34.9 Å². The number of amides is 1. The minimum Gasteiger partial charge on any atom is -0.339 e.